The smallest absolute Gasteiger partial charge is 0.157 e. The number of fused-ring (bicyclic) bond motifs is 3. The Kier molecular flexibility index (Phi) is 4.27. The van der Waals surface area contributed by atoms with Crippen molar-refractivity contribution in [3.8, 4) is 0 Å². The Morgan fingerprint density at radius 1 is 1.26 bits per heavy atom. The Hall–Kier alpha value is -1.69. The van der Waals surface area contributed by atoms with Crippen molar-refractivity contribution < 1.29 is 9.84 Å². The Balaban J connectivity index is 2.32. The van der Waals surface area contributed by atoms with Gasteiger partial charge in [-0.15, -0.1) is 0 Å². The van der Waals surface area contributed by atoms with Gasteiger partial charge in [-0.1, -0.05) is 29.8 Å². The first-order valence-electron chi connectivity index (χ1n) is 7.64. The van der Waals surface area contributed by atoms with E-state index in [1.807, 2.05) is 35.8 Å². The van der Waals surface area contributed by atoms with Gasteiger partial charge in [0.1, 0.15) is 17.9 Å². The second-order valence-electron chi connectivity index (χ2n) is 6.18. The van der Waals surface area contributed by atoms with Crippen LogP contribution in [0.5, 0.6) is 0 Å². The van der Waals surface area contributed by atoms with Gasteiger partial charge in [0.15, 0.2) is 5.15 Å². The Labute approximate surface area is 139 Å². The topological polar surface area (TPSA) is 60.2 Å². The minimum Gasteiger partial charge on any atom is -0.389 e. The second kappa shape index (κ2) is 6.07. The van der Waals surface area contributed by atoms with Crippen molar-refractivity contribution >= 4 is 33.5 Å². The molecule has 1 aromatic carbocycles. The number of rotatable bonds is 5. The lowest BCUT2D eigenvalue weighted by atomic mass is 10.1. The number of imidazole rings is 1. The average molecular weight is 334 g/mol. The van der Waals surface area contributed by atoms with Crippen molar-refractivity contribution in [3.63, 3.8) is 0 Å². The summed E-state index contributed by atoms with van der Waals surface area (Å²) in [5, 5.41) is 11.6. The van der Waals surface area contributed by atoms with E-state index >= 15 is 0 Å². The van der Waals surface area contributed by atoms with E-state index in [0.717, 1.165) is 22.2 Å². The maximum Gasteiger partial charge on any atom is 0.157 e. The van der Waals surface area contributed by atoms with Crippen molar-refractivity contribution in [2.75, 3.05) is 6.61 Å². The molecule has 0 saturated heterocycles. The van der Waals surface area contributed by atoms with E-state index in [1.165, 1.54) is 0 Å². The zero-order valence-electron chi connectivity index (χ0n) is 13.5. The van der Waals surface area contributed by atoms with Crippen molar-refractivity contribution in [1.29, 1.82) is 0 Å². The van der Waals surface area contributed by atoms with Crippen molar-refractivity contribution in [2.45, 2.75) is 39.5 Å². The van der Waals surface area contributed by atoms with E-state index in [2.05, 4.69) is 9.97 Å². The number of hydrogen-bond donors (Lipinski definition) is 1. The summed E-state index contributed by atoms with van der Waals surface area (Å²) in [4.78, 5) is 9.04. The summed E-state index contributed by atoms with van der Waals surface area (Å²) in [5.74, 6) is 0.740. The van der Waals surface area contributed by atoms with Crippen molar-refractivity contribution in [2.24, 2.45) is 0 Å². The van der Waals surface area contributed by atoms with Crippen LogP contribution in [0.1, 0.15) is 26.6 Å². The molecule has 0 fully saturated rings. The number of nitrogens with zero attached hydrogens (tertiary/aromatic N) is 3. The van der Waals surface area contributed by atoms with Crippen LogP contribution in [0, 0.1) is 0 Å². The maximum absolute atomic E-state index is 10.3. The fraction of sp³-hybridized carbons (Fsp3) is 0.412. The Morgan fingerprint density at radius 2 is 2.00 bits per heavy atom. The fourth-order valence-electron chi connectivity index (χ4n) is 2.71. The molecule has 2 heterocycles. The zero-order valence-corrected chi connectivity index (χ0v) is 14.3. The fourth-order valence-corrected chi connectivity index (χ4v) is 2.93. The largest absolute Gasteiger partial charge is 0.389 e. The number of ether oxygens (including phenoxy) is 1. The first-order chi connectivity index (χ1) is 10.9. The number of aliphatic hydroxyl groups is 1. The van der Waals surface area contributed by atoms with Gasteiger partial charge in [0.05, 0.1) is 23.2 Å². The molecule has 0 aliphatic carbocycles. The van der Waals surface area contributed by atoms with Gasteiger partial charge < -0.3 is 14.4 Å². The zero-order chi connectivity index (χ0) is 16.6. The average Bonchev–Trinajstić information content (AvgIpc) is 2.83. The highest BCUT2D eigenvalue weighted by molar-refractivity contribution is 6.35. The molecule has 0 unspecified atom stereocenters. The summed E-state index contributed by atoms with van der Waals surface area (Å²) in [6.07, 6.45) is 0. The standard InChI is InChI=1S/C17H20ClN3O2/c1-4-23-9-13-20-14-15(21(13)10-17(2,3)22)11-7-5-6-8-12(11)19-16(14)18/h5-8,22H,4,9-10H2,1-3H3. The molecule has 3 aromatic rings. The SMILES string of the molecule is CCOCc1nc2c(Cl)nc3ccccc3c2n1CC(C)(C)O. The minimum atomic E-state index is -0.883. The van der Waals surface area contributed by atoms with Gasteiger partial charge in [-0.25, -0.2) is 9.97 Å². The lowest BCUT2D eigenvalue weighted by Crippen LogP contribution is -2.27. The number of hydrogen-bond acceptors (Lipinski definition) is 4. The molecule has 0 aliphatic heterocycles. The molecule has 0 spiro atoms. The molecule has 2 aromatic heterocycles. The first kappa shape index (κ1) is 16.2. The van der Waals surface area contributed by atoms with Crippen LogP contribution in [0.25, 0.3) is 21.9 Å². The highest BCUT2D eigenvalue weighted by Gasteiger charge is 2.22. The summed E-state index contributed by atoms with van der Waals surface area (Å²) in [6.45, 7) is 6.84. The predicted octanol–water partition coefficient (Wildman–Crippen LogP) is 3.55. The van der Waals surface area contributed by atoms with Crippen LogP contribution in [-0.4, -0.2) is 31.8 Å². The molecule has 0 bridgehead atoms. The van der Waals surface area contributed by atoms with Crippen LogP contribution >= 0.6 is 11.6 Å². The van der Waals surface area contributed by atoms with E-state index < -0.39 is 5.60 Å². The third kappa shape index (κ3) is 3.17. The molecule has 23 heavy (non-hydrogen) atoms. The number of halogens is 1. The molecule has 0 amide bonds. The summed E-state index contributed by atoms with van der Waals surface area (Å²) in [5.41, 5.74) is 1.46. The monoisotopic (exact) mass is 333 g/mol. The van der Waals surface area contributed by atoms with Gasteiger partial charge >= 0.3 is 0 Å². The molecule has 6 heteroatoms. The van der Waals surface area contributed by atoms with Crippen LogP contribution < -0.4 is 0 Å². The van der Waals surface area contributed by atoms with Gasteiger partial charge in [-0.2, -0.15) is 0 Å². The first-order valence-corrected chi connectivity index (χ1v) is 8.02. The molecule has 0 radical (unpaired) electrons. The number of benzene rings is 1. The van der Waals surface area contributed by atoms with Gasteiger partial charge in [0.2, 0.25) is 0 Å². The van der Waals surface area contributed by atoms with E-state index in [-0.39, 0.29) is 0 Å². The number of pyridine rings is 1. The highest BCUT2D eigenvalue weighted by Crippen LogP contribution is 2.31. The number of aromatic nitrogens is 3. The van der Waals surface area contributed by atoms with Gasteiger partial charge in [-0.05, 0) is 26.8 Å². The van der Waals surface area contributed by atoms with E-state index in [9.17, 15) is 5.11 Å². The van der Waals surface area contributed by atoms with E-state index in [1.54, 1.807) is 13.8 Å². The van der Waals surface area contributed by atoms with Gasteiger partial charge in [-0.3, -0.25) is 0 Å². The Morgan fingerprint density at radius 3 is 2.70 bits per heavy atom. The second-order valence-corrected chi connectivity index (χ2v) is 6.54. The molecule has 0 saturated carbocycles. The molecule has 0 aliphatic rings. The normalized spacial score (nSPS) is 12.4. The molecular weight excluding hydrogens is 314 g/mol. The molecule has 5 nitrogen and oxygen atoms in total. The van der Waals surface area contributed by atoms with Crippen LogP contribution in [-0.2, 0) is 17.9 Å². The van der Waals surface area contributed by atoms with Gasteiger partial charge in [0, 0.05) is 12.0 Å². The molecule has 1 N–H and O–H groups in total. The summed E-state index contributed by atoms with van der Waals surface area (Å²) in [7, 11) is 0. The van der Waals surface area contributed by atoms with E-state index in [0.29, 0.717) is 30.4 Å². The lowest BCUT2D eigenvalue weighted by molar-refractivity contribution is 0.0582. The predicted molar refractivity (Wildman–Crippen MR) is 91.7 cm³/mol. The van der Waals surface area contributed by atoms with E-state index in [4.69, 9.17) is 16.3 Å². The minimum absolute atomic E-state index is 0.367. The molecule has 122 valence electrons. The number of para-hydroxylation sites is 1. The quantitative estimate of drug-likeness (QED) is 0.725. The summed E-state index contributed by atoms with van der Waals surface area (Å²) >= 11 is 6.34. The third-order valence-corrected chi connectivity index (χ3v) is 3.86. The van der Waals surface area contributed by atoms with Gasteiger partial charge in [0.25, 0.3) is 0 Å². The van der Waals surface area contributed by atoms with Crippen LogP contribution in [0.15, 0.2) is 24.3 Å². The van der Waals surface area contributed by atoms with Crippen LogP contribution in [0.2, 0.25) is 5.15 Å². The summed E-state index contributed by atoms with van der Waals surface area (Å²) in [6, 6.07) is 7.80. The maximum atomic E-state index is 10.3. The van der Waals surface area contributed by atoms with Crippen LogP contribution in [0.3, 0.4) is 0 Å². The lowest BCUT2D eigenvalue weighted by Gasteiger charge is -2.20. The van der Waals surface area contributed by atoms with Crippen molar-refractivity contribution in [1.82, 2.24) is 14.5 Å². The highest BCUT2D eigenvalue weighted by atomic mass is 35.5. The van der Waals surface area contributed by atoms with Crippen LogP contribution in [0.4, 0.5) is 0 Å². The molecule has 0 atom stereocenters. The summed E-state index contributed by atoms with van der Waals surface area (Å²) < 4.78 is 7.51. The third-order valence-electron chi connectivity index (χ3n) is 3.60. The Bertz CT molecular complexity index is 852. The molecule has 3 rings (SSSR count). The molecular formula is C17H20ClN3O2. The van der Waals surface area contributed by atoms with Crippen molar-refractivity contribution in [3.05, 3.63) is 35.2 Å².